The maximum atomic E-state index is 5.15. The molecule has 3 aromatic heterocycles. The van der Waals surface area contributed by atoms with Crippen LogP contribution in [0, 0.1) is 0 Å². The van der Waals surface area contributed by atoms with E-state index >= 15 is 0 Å². The lowest BCUT2D eigenvalue weighted by Crippen LogP contribution is -1.98. The molecule has 0 aliphatic carbocycles. The molecule has 252 valence electrons. The van der Waals surface area contributed by atoms with Gasteiger partial charge in [-0.25, -0.2) is 9.97 Å². The van der Waals surface area contributed by atoms with E-state index < -0.39 is 0 Å². The fraction of sp³-hybridized carbons (Fsp3) is 0. The van der Waals surface area contributed by atoms with E-state index in [1.54, 1.807) is 0 Å². The van der Waals surface area contributed by atoms with Crippen LogP contribution < -0.4 is 0 Å². The van der Waals surface area contributed by atoms with Crippen LogP contribution in [0.25, 0.3) is 99.7 Å². The summed E-state index contributed by atoms with van der Waals surface area (Å²) < 4.78 is 4.84. The highest BCUT2D eigenvalue weighted by molar-refractivity contribution is 6.29. The van der Waals surface area contributed by atoms with Crippen molar-refractivity contribution in [1.29, 1.82) is 0 Å². The normalized spacial score (nSPS) is 11.7. The average Bonchev–Trinajstić information content (AvgIpc) is 3.77. The average molecular weight is 689 g/mol. The van der Waals surface area contributed by atoms with Crippen molar-refractivity contribution < 1.29 is 0 Å². The summed E-state index contributed by atoms with van der Waals surface area (Å²) in [6.45, 7) is 0. The van der Waals surface area contributed by atoms with Crippen molar-refractivity contribution in [3.63, 3.8) is 0 Å². The summed E-state index contributed by atoms with van der Waals surface area (Å²) in [6.07, 6.45) is 0. The molecule has 0 bridgehead atoms. The molecule has 0 unspecified atom stereocenters. The van der Waals surface area contributed by atoms with Crippen LogP contribution in [-0.4, -0.2) is 19.1 Å². The first kappa shape index (κ1) is 30.3. The molecule has 8 aromatic carbocycles. The van der Waals surface area contributed by atoms with Gasteiger partial charge in [-0.1, -0.05) is 146 Å². The molecule has 0 spiro atoms. The van der Waals surface area contributed by atoms with E-state index in [9.17, 15) is 0 Å². The Labute approximate surface area is 311 Å². The largest absolute Gasteiger partial charge is 0.309 e. The molecular formula is C50H32N4. The second-order valence-corrected chi connectivity index (χ2v) is 13.8. The summed E-state index contributed by atoms with van der Waals surface area (Å²) in [5.74, 6) is 0.693. The highest BCUT2D eigenvalue weighted by atomic mass is 15.0. The number of benzene rings is 8. The summed E-state index contributed by atoms with van der Waals surface area (Å²) in [6, 6.07) is 68.9. The molecule has 0 saturated carbocycles. The van der Waals surface area contributed by atoms with E-state index in [2.05, 4.69) is 191 Å². The molecule has 0 amide bonds. The number of hydrogen-bond acceptors (Lipinski definition) is 2. The lowest BCUT2D eigenvalue weighted by molar-refractivity contribution is 1.16. The predicted octanol–water partition coefficient (Wildman–Crippen LogP) is 12.8. The Kier molecular flexibility index (Phi) is 6.82. The number of para-hydroxylation sites is 2. The van der Waals surface area contributed by atoms with Crippen molar-refractivity contribution in [2.24, 2.45) is 0 Å². The fourth-order valence-electron chi connectivity index (χ4n) is 8.33. The minimum absolute atomic E-state index is 0.693. The van der Waals surface area contributed by atoms with Gasteiger partial charge in [-0.2, -0.15) is 0 Å². The molecule has 3 heterocycles. The van der Waals surface area contributed by atoms with Gasteiger partial charge >= 0.3 is 0 Å². The molecule has 0 aliphatic heterocycles. The molecule has 4 nitrogen and oxygen atoms in total. The number of fused-ring (bicyclic) bond motifs is 8. The van der Waals surface area contributed by atoms with Crippen LogP contribution in [0.15, 0.2) is 194 Å². The van der Waals surface area contributed by atoms with Gasteiger partial charge in [0.1, 0.15) is 0 Å². The molecular weight excluding hydrogens is 657 g/mol. The summed E-state index contributed by atoms with van der Waals surface area (Å²) in [5, 5.41) is 7.43. The highest BCUT2D eigenvalue weighted by Gasteiger charge is 2.21. The van der Waals surface area contributed by atoms with Crippen molar-refractivity contribution in [2.45, 2.75) is 0 Å². The van der Waals surface area contributed by atoms with Gasteiger partial charge in [-0.05, 0) is 53.9 Å². The molecule has 11 aromatic rings. The minimum atomic E-state index is 0.693. The molecule has 0 radical (unpaired) electrons. The lowest BCUT2D eigenvalue weighted by atomic mass is 10.1. The smallest absolute Gasteiger partial charge is 0.160 e. The Bertz CT molecular complexity index is 3150. The second-order valence-electron chi connectivity index (χ2n) is 13.8. The number of aromatic nitrogens is 4. The molecule has 0 N–H and O–H groups in total. The monoisotopic (exact) mass is 688 g/mol. The molecule has 0 aliphatic rings. The lowest BCUT2D eigenvalue weighted by Gasteiger charge is -2.13. The molecule has 54 heavy (non-hydrogen) atoms. The number of rotatable bonds is 5. The predicted molar refractivity (Wildman–Crippen MR) is 225 cm³/mol. The van der Waals surface area contributed by atoms with Gasteiger partial charge in [0.2, 0.25) is 0 Å². The maximum Gasteiger partial charge on any atom is 0.160 e. The first-order valence-electron chi connectivity index (χ1n) is 18.3. The Morgan fingerprint density at radius 1 is 0.333 bits per heavy atom. The highest BCUT2D eigenvalue weighted by Crippen LogP contribution is 2.43. The zero-order chi connectivity index (χ0) is 35.6. The van der Waals surface area contributed by atoms with E-state index in [0.717, 1.165) is 44.8 Å². The van der Waals surface area contributed by atoms with Gasteiger partial charge in [-0.3, -0.25) is 0 Å². The Morgan fingerprint density at radius 2 is 0.833 bits per heavy atom. The van der Waals surface area contributed by atoms with Gasteiger partial charge in [-0.15, -0.1) is 0 Å². The zero-order valence-electron chi connectivity index (χ0n) is 29.3. The Hall–Kier alpha value is -7.30. The molecule has 0 saturated heterocycles. The first-order chi connectivity index (χ1) is 26.8. The zero-order valence-corrected chi connectivity index (χ0v) is 29.3. The summed E-state index contributed by atoms with van der Waals surface area (Å²) in [4.78, 5) is 10.3. The molecule has 0 fully saturated rings. The summed E-state index contributed by atoms with van der Waals surface area (Å²) >= 11 is 0. The summed E-state index contributed by atoms with van der Waals surface area (Å²) in [5.41, 5.74) is 11.8. The SMILES string of the molecule is c1ccc(-c2cc(-c3ccccc3)nc(-c3cccc(-n4c5ccccc5c5c6c7ccccc7n(-c7cccc8ccccc78)c6ccc54)c3)n2)cc1. The Balaban J connectivity index is 1.16. The van der Waals surface area contributed by atoms with E-state index in [4.69, 9.17) is 9.97 Å². The van der Waals surface area contributed by atoms with E-state index in [0.29, 0.717) is 5.82 Å². The van der Waals surface area contributed by atoms with Crippen molar-refractivity contribution in [3.05, 3.63) is 194 Å². The van der Waals surface area contributed by atoms with Gasteiger partial charge in [0.15, 0.2) is 5.82 Å². The van der Waals surface area contributed by atoms with Gasteiger partial charge in [0, 0.05) is 49.3 Å². The van der Waals surface area contributed by atoms with Crippen LogP contribution in [-0.2, 0) is 0 Å². The van der Waals surface area contributed by atoms with Crippen LogP contribution >= 0.6 is 0 Å². The third-order valence-corrected chi connectivity index (χ3v) is 10.7. The fourth-order valence-corrected chi connectivity index (χ4v) is 8.33. The molecule has 4 heteroatoms. The minimum Gasteiger partial charge on any atom is -0.309 e. The van der Waals surface area contributed by atoms with Gasteiger partial charge in [0.05, 0.1) is 39.1 Å². The summed E-state index contributed by atoms with van der Waals surface area (Å²) in [7, 11) is 0. The molecule has 11 rings (SSSR count). The Morgan fingerprint density at radius 3 is 1.50 bits per heavy atom. The molecule has 0 atom stereocenters. The van der Waals surface area contributed by atoms with Crippen molar-refractivity contribution in [2.75, 3.05) is 0 Å². The number of nitrogens with zero attached hydrogens (tertiary/aromatic N) is 4. The first-order valence-corrected chi connectivity index (χ1v) is 18.3. The van der Waals surface area contributed by atoms with Crippen LogP contribution in [0.1, 0.15) is 0 Å². The van der Waals surface area contributed by atoms with Crippen LogP contribution in [0.4, 0.5) is 0 Å². The third-order valence-electron chi connectivity index (χ3n) is 10.7. The van der Waals surface area contributed by atoms with Crippen molar-refractivity contribution >= 4 is 54.4 Å². The van der Waals surface area contributed by atoms with Crippen molar-refractivity contribution in [1.82, 2.24) is 19.1 Å². The maximum absolute atomic E-state index is 5.15. The van der Waals surface area contributed by atoms with Crippen molar-refractivity contribution in [3.8, 4) is 45.3 Å². The van der Waals surface area contributed by atoms with Crippen LogP contribution in [0.5, 0.6) is 0 Å². The van der Waals surface area contributed by atoms with Crippen LogP contribution in [0.3, 0.4) is 0 Å². The second kappa shape index (κ2) is 12.1. The quantitative estimate of drug-likeness (QED) is 0.180. The van der Waals surface area contributed by atoms with E-state index in [1.807, 2.05) is 12.1 Å². The topological polar surface area (TPSA) is 35.6 Å². The third kappa shape index (κ3) is 4.70. The van der Waals surface area contributed by atoms with Crippen LogP contribution in [0.2, 0.25) is 0 Å². The van der Waals surface area contributed by atoms with Gasteiger partial charge < -0.3 is 9.13 Å². The number of hydrogen-bond donors (Lipinski definition) is 0. The van der Waals surface area contributed by atoms with E-state index in [1.165, 1.54) is 49.0 Å². The standard InChI is InChI=1S/C50H32N4/c1-3-16-34(17-4-1)41-32-42(35-18-5-2-6-19-35)52-50(51-41)36-21-13-22-37(31-36)53-44-26-11-9-24-39(44)48-46(53)29-30-47-49(48)40-25-10-12-27-45(40)54(47)43-28-14-20-33-15-7-8-23-38(33)43/h1-32H. The van der Waals surface area contributed by atoms with E-state index in [-0.39, 0.29) is 0 Å². The van der Waals surface area contributed by atoms with Gasteiger partial charge in [0.25, 0.3) is 0 Å².